The average molecular weight is 299 g/mol. The van der Waals surface area contributed by atoms with Crippen molar-refractivity contribution in [2.45, 2.75) is 12.2 Å². The normalized spacial score (nSPS) is 13.2. The van der Waals surface area contributed by atoms with Crippen LogP contribution in [0.4, 0.5) is 0 Å². The molecule has 7 nitrogen and oxygen atoms in total. The molecule has 0 fully saturated rings. The van der Waals surface area contributed by atoms with E-state index in [4.69, 9.17) is 4.74 Å². The highest BCUT2D eigenvalue weighted by Crippen LogP contribution is 2.27. The van der Waals surface area contributed by atoms with Gasteiger partial charge in [-0.15, -0.1) is 0 Å². The maximum atomic E-state index is 12.1. The van der Waals surface area contributed by atoms with Gasteiger partial charge in [-0.05, 0) is 29.1 Å². The first kappa shape index (κ1) is 16.1. The highest BCUT2D eigenvalue weighted by atomic mass is 32.2. The maximum Gasteiger partial charge on any atom is 0.286 e. The Bertz CT molecular complexity index is 594. The minimum absolute atomic E-state index is 0.330. The van der Waals surface area contributed by atoms with Crippen LogP contribution in [0.5, 0.6) is 5.75 Å². The molecule has 0 aliphatic carbocycles. The lowest BCUT2D eigenvalue weighted by Crippen LogP contribution is -2.18. The van der Waals surface area contributed by atoms with Crippen LogP contribution in [0.25, 0.3) is 0 Å². The zero-order valence-electron chi connectivity index (χ0n) is 11.8. The molecule has 0 spiro atoms. The van der Waals surface area contributed by atoms with E-state index in [1.54, 1.807) is 12.1 Å². The number of ether oxygens (including phenoxy) is 1. The number of benzene rings is 1. The lowest BCUT2D eigenvalue weighted by molar-refractivity contribution is -0.116. The van der Waals surface area contributed by atoms with E-state index in [-0.39, 0.29) is 0 Å². The number of carbonyl (C=O) groups is 1. The molecule has 0 N–H and O–H groups in total. The zero-order valence-corrected chi connectivity index (χ0v) is 12.6. The molecule has 0 radical (unpaired) electrons. The Morgan fingerprint density at radius 2 is 1.80 bits per heavy atom. The number of carbonyl (C=O) groups excluding carboxylic acids is 1. The van der Waals surface area contributed by atoms with E-state index in [2.05, 4.69) is 9.74 Å². The minimum Gasteiger partial charge on any atom is -0.497 e. The molecule has 110 valence electrons. The molecule has 0 aliphatic heterocycles. The monoisotopic (exact) mass is 299 g/mol. The number of Topliss-reactive ketones (excluding diaryl/α,β-unsaturated/α-hetero) is 1. The van der Waals surface area contributed by atoms with Crippen LogP contribution in [0.15, 0.2) is 34.0 Å². The smallest absolute Gasteiger partial charge is 0.286 e. The van der Waals surface area contributed by atoms with Gasteiger partial charge < -0.3 is 4.74 Å². The number of hydrogen-bond acceptors (Lipinski definition) is 5. The Hall–Kier alpha value is -1.96. The molecule has 1 unspecified atom stereocenters. The van der Waals surface area contributed by atoms with Crippen LogP contribution in [-0.2, 0) is 14.8 Å². The fourth-order valence-electron chi connectivity index (χ4n) is 1.57. The van der Waals surface area contributed by atoms with Gasteiger partial charge in [-0.3, -0.25) is 9.80 Å². The van der Waals surface area contributed by atoms with Crippen LogP contribution in [0.2, 0.25) is 0 Å². The van der Waals surface area contributed by atoms with E-state index in [0.717, 1.165) is 0 Å². The van der Waals surface area contributed by atoms with Crippen LogP contribution in [0.1, 0.15) is 17.7 Å². The van der Waals surface area contributed by atoms with Gasteiger partial charge in [0.2, 0.25) is 0 Å². The number of hydrogen-bond donors (Lipinski definition) is 0. The van der Waals surface area contributed by atoms with Crippen molar-refractivity contribution in [3.05, 3.63) is 29.8 Å². The molecule has 1 aromatic carbocycles. The summed E-state index contributed by atoms with van der Waals surface area (Å²) in [5.74, 6) is 0.0521. The molecule has 0 saturated heterocycles. The van der Waals surface area contributed by atoms with Gasteiger partial charge in [0.25, 0.3) is 10.0 Å². The van der Waals surface area contributed by atoms with Crippen molar-refractivity contribution in [1.82, 2.24) is 5.01 Å². The first-order chi connectivity index (χ1) is 9.27. The second-order valence-electron chi connectivity index (χ2n) is 4.30. The maximum absolute atomic E-state index is 12.1. The van der Waals surface area contributed by atoms with Gasteiger partial charge in [0.05, 0.1) is 7.11 Å². The Morgan fingerprint density at radius 1 is 1.25 bits per heavy atom. The predicted molar refractivity (Wildman–Crippen MR) is 73.9 cm³/mol. The van der Waals surface area contributed by atoms with Gasteiger partial charge in [0.1, 0.15) is 5.75 Å². The topological polar surface area (TPSA) is 88.4 Å². The second kappa shape index (κ2) is 6.47. The highest BCUT2D eigenvalue weighted by Gasteiger charge is 2.32. The van der Waals surface area contributed by atoms with E-state index < -0.39 is 21.1 Å². The second-order valence-corrected chi connectivity index (χ2v) is 5.96. The molecular formula is C12H17N3O4S. The minimum atomic E-state index is -4.06. The first-order valence-electron chi connectivity index (χ1n) is 5.76. The average Bonchev–Trinajstić information content (AvgIpc) is 2.37. The number of sulfonamides is 1. The van der Waals surface area contributed by atoms with E-state index >= 15 is 0 Å². The van der Waals surface area contributed by atoms with Crippen molar-refractivity contribution in [3.63, 3.8) is 0 Å². The molecule has 8 heteroatoms. The van der Waals surface area contributed by atoms with Gasteiger partial charge in [0, 0.05) is 14.1 Å². The number of ketones is 1. The summed E-state index contributed by atoms with van der Waals surface area (Å²) in [5.41, 5.74) is 0.330. The third-order valence-electron chi connectivity index (χ3n) is 2.41. The molecule has 0 aromatic heterocycles. The molecule has 20 heavy (non-hydrogen) atoms. The number of nitrogens with zero attached hydrogens (tertiary/aromatic N) is 3. The third kappa shape index (κ3) is 4.02. The van der Waals surface area contributed by atoms with Crippen LogP contribution < -0.4 is 4.74 Å². The summed E-state index contributed by atoms with van der Waals surface area (Å²) in [6.45, 7) is 1.21. The van der Waals surface area contributed by atoms with Crippen molar-refractivity contribution < 1.29 is 17.9 Å². The first-order valence-corrected chi connectivity index (χ1v) is 7.26. The molecule has 0 bridgehead atoms. The van der Waals surface area contributed by atoms with Gasteiger partial charge in [-0.1, -0.05) is 17.4 Å². The fraction of sp³-hybridized carbons (Fsp3) is 0.417. The standard InChI is InChI=1S/C12H17N3O4S/c1-9(16)12(20(17,18)14-13-15(2)3)10-5-7-11(19-4)8-6-10/h5-8,12H,1-4H3. The van der Waals surface area contributed by atoms with Crippen molar-refractivity contribution in [2.24, 2.45) is 9.74 Å². The molecule has 0 saturated carbocycles. The van der Waals surface area contributed by atoms with Crippen LogP contribution >= 0.6 is 0 Å². The molecule has 0 aliphatic rings. The lowest BCUT2D eigenvalue weighted by Gasteiger charge is -2.12. The summed E-state index contributed by atoms with van der Waals surface area (Å²) in [7, 11) is 0.510. The Labute approximate surface area is 118 Å². The largest absolute Gasteiger partial charge is 0.497 e. The predicted octanol–water partition coefficient (Wildman–Crippen LogP) is 1.58. The van der Waals surface area contributed by atoms with Crippen molar-refractivity contribution in [2.75, 3.05) is 21.2 Å². The number of methoxy groups -OCH3 is 1. The van der Waals surface area contributed by atoms with Crippen molar-refractivity contribution in [1.29, 1.82) is 0 Å². The van der Waals surface area contributed by atoms with Crippen LogP contribution in [0.3, 0.4) is 0 Å². The summed E-state index contributed by atoms with van der Waals surface area (Å²) in [5, 5.41) is 3.33. The quantitative estimate of drug-likeness (QED) is 0.588. The van der Waals surface area contributed by atoms with E-state index in [0.29, 0.717) is 11.3 Å². The third-order valence-corrected chi connectivity index (χ3v) is 3.92. The van der Waals surface area contributed by atoms with Gasteiger partial charge in [-0.25, -0.2) is 8.42 Å². The SMILES string of the molecule is COc1ccc(C(C(C)=O)S(=O)(=O)N=NN(C)C)cc1. The highest BCUT2D eigenvalue weighted by molar-refractivity contribution is 7.90. The number of rotatable bonds is 6. The van der Waals surface area contributed by atoms with Crippen molar-refractivity contribution >= 4 is 15.8 Å². The summed E-state index contributed by atoms with van der Waals surface area (Å²) in [6, 6.07) is 6.22. The fourth-order valence-corrected chi connectivity index (χ4v) is 2.83. The Kier molecular flexibility index (Phi) is 5.20. The van der Waals surface area contributed by atoms with Gasteiger partial charge >= 0.3 is 0 Å². The van der Waals surface area contributed by atoms with E-state index in [1.807, 2.05) is 0 Å². The summed E-state index contributed by atoms with van der Waals surface area (Å²) in [6.07, 6.45) is 0. The van der Waals surface area contributed by atoms with Gasteiger partial charge in [-0.2, -0.15) is 0 Å². The van der Waals surface area contributed by atoms with E-state index in [9.17, 15) is 13.2 Å². The molecule has 1 atom stereocenters. The molecule has 1 aromatic rings. The lowest BCUT2D eigenvalue weighted by atomic mass is 10.1. The summed E-state index contributed by atoms with van der Waals surface area (Å²) in [4.78, 5) is 11.7. The molecule has 0 heterocycles. The zero-order chi connectivity index (χ0) is 15.3. The molecular weight excluding hydrogens is 282 g/mol. The van der Waals surface area contributed by atoms with Crippen molar-refractivity contribution in [3.8, 4) is 5.75 Å². The Balaban J connectivity index is 3.20. The summed E-state index contributed by atoms with van der Waals surface area (Å²) < 4.78 is 32.4. The van der Waals surface area contributed by atoms with E-state index in [1.165, 1.54) is 45.3 Å². The molecule has 1 rings (SSSR count). The van der Waals surface area contributed by atoms with Gasteiger partial charge in [0.15, 0.2) is 11.0 Å². The van der Waals surface area contributed by atoms with Crippen LogP contribution in [0, 0.1) is 0 Å². The van der Waals surface area contributed by atoms with Crippen LogP contribution in [-0.4, -0.2) is 40.4 Å². The Morgan fingerprint density at radius 3 is 2.20 bits per heavy atom. The summed E-state index contributed by atoms with van der Waals surface area (Å²) >= 11 is 0. The molecule has 0 amide bonds.